The van der Waals surface area contributed by atoms with Gasteiger partial charge in [-0.05, 0) is 68.9 Å². The Labute approximate surface area is 180 Å². The Balaban J connectivity index is 1.55. The van der Waals surface area contributed by atoms with E-state index in [9.17, 15) is 9.59 Å². The van der Waals surface area contributed by atoms with Crippen LogP contribution >= 0.6 is 0 Å². The van der Waals surface area contributed by atoms with Crippen molar-refractivity contribution >= 4 is 23.3 Å². The van der Waals surface area contributed by atoms with E-state index >= 15 is 0 Å². The zero-order valence-corrected chi connectivity index (χ0v) is 17.9. The van der Waals surface area contributed by atoms with E-state index in [1.807, 2.05) is 30.0 Å². The lowest BCUT2D eigenvalue weighted by Gasteiger charge is -2.24. The van der Waals surface area contributed by atoms with Gasteiger partial charge in [0.05, 0.1) is 12.3 Å². The van der Waals surface area contributed by atoms with Crippen LogP contribution in [0.3, 0.4) is 0 Å². The number of fused-ring (bicyclic) bond motifs is 2. The molecule has 1 atom stereocenters. The summed E-state index contributed by atoms with van der Waals surface area (Å²) in [4.78, 5) is 32.0. The van der Waals surface area contributed by atoms with E-state index in [1.165, 1.54) is 17.4 Å². The van der Waals surface area contributed by atoms with Crippen molar-refractivity contribution in [3.8, 4) is 11.3 Å². The molecule has 1 aliphatic carbocycles. The predicted molar refractivity (Wildman–Crippen MR) is 116 cm³/mol. The van der Waals surface area contributed by atoms with E-state index in [4.69, 9.17) is 10.5 Å². The molecule has 2 N–H and O–H groups in total. The number of nitrogens with zero attached hydrogens (tertiary/aromatic N) is 4. The molecule has 1 amide bonds. The van der Waals surface area contributed by atoms with Crippen molar-refractivity contribution in [2.75, 3.05) is 12.3 Å². The van der Waals surface area contributed by atoms with Crippen LogP contribution in [0.15, 0.2) is 24.4 Å². The summed E-state index contributed by atoms with van der Waals surface area (Å²) in [7, 11) is 0. The Morgan fingerprint density at radius 2 is 2.13 bits per heavy atom. The maximum Gasteiger partial charge on any atom is 0.345 e. The lowest BCUT2D eigenvalue weighted by atomic mass is 9.98. The van der Waals surface area contributed by atoms with Gasteiger partial charge >= 0.3 is 5.97 Å². The summed E-state index contributed by atoms with van der Waals surface area (Å²) in [6.45, 7) is 6.71. The van der Waals surface area contributed by atoms with Crippen molar-refractivity contribution in [3.63, 3.8) is 0 Å². The van der Waals surface area contributed by atoms with E-state index in [2.05, 4.69) is 17.0 Å². The molecule has 3 aromatic rings. The average Bonchev–Trinajstić information content (AvgIpc) is 3.45. The first kappa shape index (κ1) is 19.5. The molecule has 1 saturated carbocycles. The molecule has 2 aromatic heterocycles. The van der Waals surface area contributed by atoms with Crippen LogP contribution in [0.5, 0.6) is 0 Å². The quantitative estimate of drug-likeness (QED) is 0.637. The normalized spacial score (nSPS) is 16.6. The van der Waals surface area contributed by atoms with Gasteiger partial charge in [0.15, 0.2) is 11.5 Å². The van der Waals surface area contributed by atoms with Gasteiger partial charge in [0.25, 0.3) is 5.91 Å². The van der Waals surface area contributed by atoms with Gasteiger partial charge in [-0.15, -0.1) is 5.10 Å². The number of benzene rings is 1. The second kappa shape index (κ2) is 7.08. The summed E-state index contributed by atoms with van der Waals surface area (Å²) in [5, 5.41) is 4.17. The smallest absolute Gasteiger partial charge is 0.345 e. The molecule has 0 bridgehead atoms. The largest absolute Gasteiger partial charge is 0.462 e. The standard InChI is InChI=1S/C23H25N5O3/c1-4-31-23(30)19-20(24)26-28-8-7-17(25-21(19)28)15-9-12(2)18-16(10-15)11-27(22(18)29)13(3)14-5-6-14/h7-10,13-14H,4-6,11H2,1-3H3,(H2,24,26)/t13-/m0/s1. The van der Waals surface area contributed by atoms with Crippen LogP contribution in [-0.4, -0.2) is 44.0 Å². The zero-order chi connectivity index (χ0) is 21.9. The molecule has 160 valence electrons. The molecule has 0 radical (unpaired) electrons. The monoisotopic (exact) mass is 419 g/mol. The summed E-state index contributed by atoms with van der Waals surface area (Å²) in [6.07, 6.45) is 4.13. The maximum absolute atomic E-state index is 13.0. The van der Waals surface area contributed by atoms with E-state index in [-0.39, 0.29) is 29.9 Å². The average molecular weight is 419 g/mol. The van der Waals surface area contributed by atoms with Gasteiger partial charge in [0.2, 0.25) is 0 Å². The molecule has 1 aromatic carbocycles. The Bertz CT molecular complexity index is 1230. The molecule has 3 heterocycles. The number of ether oxygens (including phenoxy) is 1. The summed E-state index contributed by atoms with van der Waals surface area (Å²) in [5.41, 5.74) is 10.8. The number of carbonyl (C=O) groups is 2. The second-order valence-corrected chi connectivity index (χ2v) is 8.40. The predicted octanol–water partition coefficient (Wildman–Crippen LogP) is 3.22. The molecule has 5 rings (SSSR count). The number of anilines is 1. The first-order chi connectivity index (χ1) is 14.9. The van der Waals surface area contributed by atoms with Crippen molar-refractivity contribution in [3.05, 3.63) is 46.6 Å². The van der Waals surface area contributed by atoms with E-state index in [0.717, 1.165) is 22.3 Å². The summed E-state index contributed by atoms with van der Waals surface area (Å²) in [6, 6.07) is 6.10. The van der Waals surface area contributed by atoms with Crippen LogP contribution in [0.4, 0.5) is 5.82 Å². The van der Waals surface area contributed by atoms with Crippen molar-refractivity contribution in [2.45, 2.75) is 46.2 Å². The van der Waals surface area contributed by atoms with Gasteiger partial charge in [0, 0.05) is 29.9 Å². The summed E-state index contributed by atoms with van der Waals surface area (Å²) in [5.74, 6) is 0.286. The number of aryl methyl sites for hydroxylation is 1. The van der Waals surface area contributed by atoms with Crippen LogP contribution < -0.4 is 5.73 Å². The second-order valence-electron chi connectivity index (χ2n) is 8.40. The third-order valence-electron chi connectivity index (χ3n) is 6.32. The minimum Gasteiger partial charge on any atom is -0.462 e. The SMILES string of the molecule is CCOC(=O)c1c(N)nn2ccc(-c3cc(C)c4c(c3)CN([C@@H](C)C3CC3)C4=O)nc12. The van der Waals surface area contributed by atoms with E-state index in [0.29, 0.717) is 23.8 Å². The van der Waals surface area contributed by atoms with Gasteiger partial charge < -0.3 is 15.4 Å². The number of nitrogens with two attached hydrogens (primary N) is 1. The molecule has 1 fully saturated rings. The first-order valence-corrected chi connectivity index (χ1v) is 10.7. The topological polar surface area (TPSA) is 103 Å². The molecule has 31 heavy (non-hydrogen) atoms. The number of amides is 1. The van der Waals surface area contributed by atoms with Crippen LogP contribution in [0.25, 0.3) is 16.9 Å². The van der Waals surface area contributed by atoms with Gasteiger partial charge in [-0.1, -0.05) is 0 Å². The fraction of sp³-hybridized carbons (Fsp3) is 0.391. The van der Waals surface area contributed by atoms with Gasteiger partial charge in [0.1, 0.15) is 5.56 Å². The molecule has 0 unspecified atom stereocenters. The highest BCUT2D eigenvalue weighted by Crippen LogP contribution is 2.39. The third kappa shape index (κ3) is 3.13. The number of esters is 1. The highest BCUT2D eigenvalue weighted by molar-refractivity contribution is 6.02. The maximum atomic E-state index is 13.0. The molecule has 1 aliphatic heterocycles. The highest BCUT2D eigenvalue weighted by atomic mass is 16.5. The highest BCUT2D eigenvalue weighted by Gasteiger charge is 2.39. The molecule has 2 aliphatic rings. The number of hydrogen-bond acceptors (Lipinski definition) is 6. The van der Waals surface area contributed by atoms with E-state index in [1.54, 1.807) is 13.1 Å². The number of aromatic nitrogens is 3. The van der Waals surface area contributed by atoms with Crippen molar-refractivity contribution < 1.29 is 14.3 Å². The van der Waals surface area contributed by atoms with Crippen molar-refractivity contribution in [2.24, 2.45) is 5.92 Å². The summed E-state index contributed by atoms with van der Waals surface area (Å²) >= 11 is 0. The number of rotatable bonds is 5. The Morgan fingerprint density at radius 1 is 1.35 bits per heavy atom. The fourth-order valence-corrected chi connectivity index (χ4v) is 4.51. The van der Waals surface area contributed by atoms with E-state index < -0.39 is 5.97 Å². The lowest BCUT2D eigenvalue weighted by Crippen LogP contribution is -2.34. The minimum absolute atomic E-state index is 0.0866. The Morgan fingerprint density at radius 3 is 2.84 bits per heavy atom. The zero-order valence-electron chi connectivity index (χ0n) is 17.9. The Hall–Kier alpha value is -3.42. The van der Waals surface area contributed by atoms with Gasteiger partial charge in [-0.3, -0.25) is 4.79 Å². The number of carbonyl (C=O) groups excluding carboxylic acids is 2. The van der Waals surface area contributed by atoms with Crippen LogP contribution in [0.2, 0.25) is 0 Å². The fourth-order valence-electron chi connectivity index (χ4n) is 4.51. The number of hydrogen-bond donors (Lipinski definition) is 1. The molecular formula is C23H25N5O3. The van der Waals surface area contributed by atoms with Crippen molar-refractivity contribution in [1.82, 2.24) is 19.5 Å². The minimum atomic E-state index is -0.542. The molecule has 8 nitrogen and oxygen atoms in total. The number of nitrogen functional groups attached to an aromatic ring is 1. The molecular weight excluding hydrogens is 394 g/mol. The Kier molecular flexibility index (Phi) is 4.46. The molecule has 0 saturated heterocycles. The lowest BCUT2D eigenvalue weighted by molar-refractivity contribution is 0.0529. The van der Waals surface area contributed by atoms with Crippen LogP contribution in [-0.2, 0) is 11.3 Å². The summed E-state index contributed by atoms with van der Waals surface area (Å²) < 4.78 is 6.60. The first-order valence-electron chi connectivity index (χ1n) is 10.7. The molecule has 8 heteroatoms. The third-order valence-corrected chi connectivity index (χ3v) is 6.32. The van der Waals surface area contributed by atoms with Crippen molar-refractivity contribution in [1.29, 1.82) is 0 Å². The van der Waals surface area contributed by atoms with Crippen LogP contribution in [0, 0.1) is 12.8 Å². The van der Waals surface area contributed by atoms with Gasteiger partial charge in [-0.25, -0.2) is 14.3 Å². The van der Waals surface area contributed by atoms with Crippen LogP contribution in [0.1, 0.15) is 58.5 Å². The van der Waals surface area contributed by atoms with Gasteiger partial charge in [-0.2, -0.15) is 0 Å². The molecule has 0 spiro atoms.